The van der Waals surface area contributed by atoms with Gasteiger partial charge in [0.2, 0.25) is 0 Å². The zero-order valence-electron chi connectivity index (χ0n) is 12.8. The van der Waals surface area contributed by atoms with Crippen LogP contribution in [0.5, 0.6) is 0 Å². The highest BCUT2D eigenvalue weighted by atomic mass is 32.2. The molecule has 6 nitrogen and oxygen atoms in total. The van der Waals surface area contributed by atoms with Gasteiger partial charge in [-0.05, 0) is 20.3 Å². The van der Waals surface area contributed by atoms with Gasteiger partial charge in [0.05, 0.1) is 37.8 Å². The summed E-state index contributed by atoms with van der Waals surface area (Å²) in [6.07, 6.45) is 2.56. The largest absolute Gasteiger partial charge is 0.465 e. The second-order valence-corrected chi connectivity index (χ2v) is 5.97. The van der Waals surface area contributed by atoms with Gasteiger partial charge in [0, 0.05) is 0 Å². The number of esters is 1. The first kappa shape index (κ1) is 18.0. The van der Waals surface area contributed by atoms with E-state index in [2.05, 4.69) is 4.98 Å². The van der Waals surface area contributed by atoms with E-state index in [4.69, 9.17) is 4.74 Å². The first-order valence-electron chi connectivity index (χ1n) is 7.20. The number of rotatable bonds is 9. The van der Waals surface area contributed by atoms with Crippen molar-refractivity contribution in [3.05, 3.63) is 11.9 Å². The Morgan fingerprint density at radius 2 is 2.24 bits per heavy atom. The molecule has 21 heavy (non-hydrogen) atoms. The van der Waals surface area contributed by atoms with Gasteiger partial charge in [-0.3, -0.25) is 4.79 Å². The van der Waals surface area contributed by atoms with Crippen LogP contribution in [0.3, 0.4) is 0 Å². The Balaban J connectivity index is 2.92. The van der Waals surface area contributed by atoms with Crippen molar-refractivity contribution in [2.45, 2.75) is 63.3 Å². The number of hydrogen-bond donors (Lipinski definition) is 2. The van der Waals surface area contributed by atoms with E-state index < -0.39 is 6.10 Å². The van der Waals surface area contributed by atoms with Gasteiger partial charge in [0.15, 0.2) is 5.16 Å². The van der Waals surface area contributed by atoms with Crippen molar-refractivity contribution in [2.24, 2.45) is 0 Å². The Morgan fingerprint density at radius 1 is 1.52 bits per heavy atom. The average Bonchev–Trinajstić information content (AvgIpc) is 2.80. The topological polar surface area (TPSA) is 84.6 Å². The number of carbonyl (C=O) groups excluding carboxylic acids is 1. The lowest BCUT2D eigenvalue weighted by molar-refractivity contribution is -0.142. The third kappa shape index (κ3) is 5.33. The zero-order valence-corrected chi connectivity index (χ0v) is 13.6. The fourth-order valence-corrected chi connectivity index (χ4v) is 3.13. The number of aliphatic hydroxyl groups excluding tert-OH is 2. The van der Waals surface area contributed by atoms with Crippen LogP contribution in [0.4, 0.5) is 0 Å². The predicted molar refractivity (Wildman–Crippen MR) is 81.0 cm³/mol. The molecule has 1 heterocycles. The summed E-state index contributed by atoms with van der Waals surface area (Å²) < 4.78 is 6.83. The van der Waals surface area contributed by atoms with E-state index in [0.717, 1.165) is 6.42 Å². The van der Waals surface area contributed by atoms with E-state index in [1.54, 1.807) is 24.6 Å². The van der Waals surface area contributed by atoms with Crippen LogP contribution < -0.4 is 0 Å². The Bertz CT molecular complexity index is 448. The summed E-state index contributed by atoms with van der Waals surface area (Å²) in [4.78, 5) is 16.2. The number of ether oxygens (including phenoxy) is 1. The lowest BCUT2D eigenvalue weighted by Crippen LogP contribution is -2.22. The summed E-state index contributed by atoms with van der Waals surface area (Å²) in [5.41, 5.74) is 0.623. The predicted octanol–water partition coefficient (Wildman–Crippen LogP) is 1.58. The minimum Gasteiger partial charge on any atom is -0.465 e. The van der Waals surface area contributed by atoms with Crippen molar-refractivity contribution in [1.82, 2.24) is 9.55 Å². The lowest BCUT2D eigenvalue weighted by Gasteiger charge is -2.16. The number of nitrogens with zero attached hydrogens (tertiary/aromatic N) is 2. The van der Waals surface area contributed by atoms with Crippen LogP contribution in [0.2, 0.25) is 0 Å². The first-order valence-corrected chi connectivity index (χ1v) is 8.08. The normalized spacial score (nSPS) is 14.0. The van der Waals surface area contributed by atoms with Crippen LogP contribution in [0.1, 0.15) is 39.3 Å². The molecule has 0 aliphatic carbocycles. The number of imidazole rings is 1. The molecule has 0 aromatic carbocycles. The maximum absolute atomic E-state index is 12.0. The molecule has 1 aromatic rings. The summed E-state index contributed by atoms with van der Waals surface area (Å²) in [5, 5.41) is 19.2. The molecule has 0 saturated carbocycles. The van der Waals surface area contributed by atoms with Gasteiger partial charge >= 0.3 is 5.97 Å². The maximum atomic E-state index is 12.0. The van der Waals surface area contributed by atoms with E-state index in [1.165, 1.54) is 11.8 Å². The van der Waals surface area contributed by atoms with E-state index in [1.807, 2.05) is 6.92 Å². The minimum absolute atomic E-state index is 0.155. The fourth-order valence-electron chi connectivity index (χ4n) is 1.92. The van der Waals surface area contributed by atoms with Gasteiger partial charge in [-0.25, -0.2) is 4.98 Å². The Kier molecular flexibility index (Phi) is 7.77. The molecule has 1 aromatic heterocycles. The molecule has 0 spiro atoms. The minimum atomic E-state index is -0.559. The van der Waals surface area contributed by atoms with Crippen molar-refractivity contribution >= 4 is 17.7 Å². The smallest absolute Gasteiger partial charge is 0.319 e. The number of thioether (sulfide) groups is 1. The maximum Gasteiger partial charge on any atom is 0.319 e. The SMILES string of the molecule is CCCC(Sc1ncc(CO)n1CC(C)O)C(=O)OCC. The third-order valence-corrected chi connectivity index (χ3v) is 4.11. The zero-order chi connectivity index (χ0) is 15.8. The van der Waals surface area contributed by atoms with Gasteiger partial charge < -0.3 is 19.5 Å². The molecule has 7 heteroatoms. The monoisotopic (exact) mass is 316 g/mol. The van der Waals surface area contributed by atoms with E-state index in [-0.39, 0.29) is 17.8 Å². The van der Waals surface area contributed by atoms with E-state index in [0.29, 0.717) is 30.4 Å². The van der Waals surface area contributed by atoms with Gasteiger partial charge in [-0.1, -0.05) is 25.1 Å². The molecule has 2 unspecified atom stereocenters. The molecule has 0 amide bonds. The summed E-state index contributed by atoms with van der Waals surface area (Å²) in [5.74, 6) is -0.249. The van der Waals surface area contributed by atoms with E-state index >= 15 is 0 Å². The highest BCUT2D eigenvalue weighted by molar-refractivity contribution is 8.00. The second-order valence-electron chi connectivity index (χ2n) is 4.80. The molecular formula is C14H24N2O4S. The quantitative estimate of drug-likeness (QED) is 0.531. The Hall–Kier alpha value is -1.05. The van der Waals surface area contributed by atoms with Crippen molar-refractivity contribution in [2.75, 3.05) is 6.61 Å². The van der Waals surface area contributed by atoms with Crippen LogP contribution in [-0.2, 0) is 22.7 Å². The molecule has 0 aliphatic rings. The first-order chi connectivity index (χ1) is 10.0. The second kappa shape index (κ2) is 9.07. The summed E-state index contributed by atoms with van der Waals surface area (Å²) >= 11 is 1.32. The molecule has 0 aliphatic heterocycles. The third-order valence-electron chi connectivity index (χ3n) is 2.86. The van der Waals surface area contributed by atoms with Crippen molar-refractivity contribution < 1.29 is 19.7 Å². The van der Waals surface area contributed by atoms with E-state index in [9.17, 15) is 15.0 Å². The molecular weight excluding hydrogens is 292 g/mol. The van der Waals surface area contributed by atoms with Crippen LogP contribution in [0, 0.1) is 0 Å². The number of hydrogen-bond acceptors (Lipinski definition) is 6. The highest BCUT2D eigenvalue weighted by Gasteiger charge is 2.23. The molecule has 0 radical (unpaired) electrons. The fraction of sp³-hybridized carbons (Fsp3) is 0.714. The average molecular weight is 316 g/mol. The van der Waals surface area contributed by atoms with Crippen LogP contribution in [-0.4, -0.2) is 43.7 Å². The van der Waals surface area contributed by atoms with Crippen LogP contribution >= 0.6 is 11.8 Å². The van der Waals surface area contributed by atoms with Crippen molar-refractivity contribution in [3.63, 3.8) is 0 Å². The summed E-state index contributed by atoms with van der Waals surface area (Å²) in [7, 11) is 0. The van der Waals surface area contributed by atoms with Crippen molar-refractivity contribution in [3.8, 4) is 0 Å². The molecule has 0 saturated heterocycles. The summed E-state index contributed by atoms with van der Waals surface area (Å²) in [6, 6.07) is 0. The molecule has 1 rings (SSSR count). The molecule has 0 bridgehead atoms. The molecule has 0 fully saturated rings. The Labute approximate surface area is 129 Å². The number of carbonyl (C=O) groups is 1. The number of aromatic nitrogens is 2. The van der Waals surface area contributed by atoms with Gasteiger partial charge in [-0.15, -0.1) is 0 Å². The van der Waals surface area contributed by atoms with Crippen molar-refractivity contribution in [1.29, 1.82) is 0 Å². The number of aliphatic hydroxyl groups is 2. The van der Waals surface area contributed by atoms with Crippen LogP contribution in [0.15, 0.2) is 11.4 Å². The standard InChI is InChI=1S/C14H24N2O4S/c1-4-6-12(13(19)20-5-2)21-14-15-7-11(9-17)16(14)8-10(3)18/h7,10,12,17-18H,4-6,8-9H2,1-3H3. The lowest BCUT2D eigenvalue weighted by atomic mass is 10.2. The highest BCUT2D eigenvalue weighted by Crippen LogP contribution is 2.27. The van der Waals surface area contributed by atoms with Crippen LogP contribution in [0.25, 0.3) is 0 Å². The molecule has 2 atom stereocenters. The van der Waals surface area contributed by atoms with Gasteiger partial charge in [0.25, 0.3) is 0 Å². The van der Waals surface area contributed by atoms with Gasteiger partial charge in [0.1, 0.15) is 5.25 Å². The molecule has 120 valence electrons. The van der Waals surface area contributed by atoms with Gasteiger partial charge in [-0.2, -0.15) is 0 Å². The summed E-state index contributed by atoms with van der Waals surface area (Å²) in [6.45, 7) is 5.99. The Morgan fingerprint density at radius 3 is 2.76 bits per heavy atom. The molecule has 2 N–H and O–H groups in total.